The number of carboxylic acids is 1. The molecule has 0 radical (unpaired) electrons. The minimum Gasteiger partial charge on any atom is -0.508 e. The third-order valence-corrected chi connectivity index (χ3v) is 2.50. The van der Waals surface area contributed by atoms with Gasteiger partial charge in [-0.3, -0.25) is 4.79 Å². The number of hydrogen-bond donors (Lipinski definition) is 4. The van der Waals surface area contributed by atoms with E-state index in [0.29, 0.717) is 6.07 Å². The molecule has 1 unspecified atom stereocenters. The summed E-state index contributed by atoms with van der Waals surface area (Å²) in [5.74, 6) is -2.96. The minimum absolute atomic E-state index is 0.163. The predicted octanol–water partition coefficient (Wildman–Crippen LogP) is 1.98. The van der Waals surface area contributed by atoms with Gasteiger partial charge in [-0.2, -0.15) is 13.2 Å². The van der Waals surface area contributed by atoms with Crippen LogP contribution in [0.25, 0.3) is 0 Å². The lowest BCUT2D eigenvalue weighted by Gasteiger charge is -2.17. The molecule has 0 saturated carbocycles. The van der Waals surface area contributed by atoms with Crippen molar-refractivity contribution < 1.29 is 33.3 Å². The summed E-state index contributed by atoms with van der Waals surface area (Å²) in [5, 5.41) is 27.2. The molecular formula is C11H12F3NO4. The van der Waals surface area contributed by atoms with Crippen molar-refractivity contribution in [3.05, 3.63) is 23.3 Å². The summed E-state index contributed by atoms with van der Waals surface area (Å²) in [4.78, 5) is 10.4. The topological polar surface area (TPSA) is 104 Å². The second-order valence-corrected chi connectivity index (χ2v) is 3.97. The molecule has 8 heteroatoms. The zero-order chi connectivity index (χ0) is 14.8. The van der Waals surface area contributed by atoms with Crippen molar-refractivity contribution in [2.45, 2.75) is 25.1 Å². The molecule has 0 fully saturated rings. The summed E-state index contributed by atoms with van der Waals surface area (Å²) in [6.45, 7) is 0. The number of rotatable bonds is 4. The van der Waals surface area contributed by atoms with Gasteiger partial charge in [-0.1, -0.05) is 0 Å². The summed E-state index contributed by atoms with van der Waals surface area (Å²) in [6.07, 6.45) is -5.37. The maximum Gasteiger partial charge on any atom is 0.420 e. The van der Waals surface area contributed by atoms with Crippen molar-refractivity contribution in [3.8, 4) is 11.5 Å². The number of hydrogen-bond acceptors (Lipinski definition) is 4. The molecule has 0 amide bonds. The van der Waals surface area contributed by atoms with Gasteiger partial charge in [0.15, 0.2) is 0 Å². The second-order valence-electron chi connectivity index (χ2n) is 3.97. The number of carboxylic acid groups (broad SMARTS) is 1. The predicted molar refractivity (Wildman–Crippen MR) is 58.6 cm³/mol. The van der Waals surface area contributed by atoms with Crippen LogP contribution in [0, 0.1) is 0 Å². The second kappa shape index (κ2) is 5.35. The number of nitrogens with two attached hydrogens (primary N) is 1. The molecule has 0 aliphatic heterocycles. The molecule has 5 nitrogen and oxygen atoms in total. The van der Waals surface area contributed by atoms with E-state index in [4.69, 9.17) is 10.8 Å². The Hall–Kier alpha value is -1.96. The minimum atomic E-state index is -4.84. The van der Waals surface area contributed by atoms with Crippen molar-refractivity contribution in [1.29, 1.82) is 0 Å². The first kappa shape index (κ1) is 15.1. The van der Waals surface area contributed by atoms with Gasteiger partial charge < -0.3 is 21.1 Å². The number of aromatic hydroxyl groups is 2. The molecule has 1 rings (SSSR count). The molecule has 1 aromatic carbocycles. The van der Waals surface area contributed by atoms with Gasteiger partial charge in [-0.25, -0.2) is 0 Å². The van der Waals surface area contributed by atoms with E-state index >= 15 is 0 Å². The summed E-state index contributed by atoms with van der Waals surface area (Å²) in [7, 11) is 0. The molecule has 5 N–H and O–H groups in total. The van der Waals surface area contributed by atoms with E-state index in [9.17, 15) is 28.2 Å². The number of alkyl halides is 3. The highest BCUT2D eigenvalue weighted by Crippen LogP contribution is 2.41. The fourth-order valence-corrected chi connectivity index (χ4v) is 1.57. The average molecular weight is 279 g/mol. The summed E-state index contributed by atoms with van der Waals surface area (Å²) in [5.41, 5.74) is 3.78. The zero-order valence-corrected chi connectivity index (χ0v) is 9.61. The van der Waals surface area contributed by atoms with Crippen LogP contribution in [0.4, 0.5) is 13.2 Å². The number of carbonyl (C=O) groups is 1. The van der Waals surface area contributed by atoms with Gasteiger partial charge in [0.2, 0.25) is 0 Å². The largest absolute Gasteiger partial charge is 0.508 e. The van der Waals surface area contributed by atoms with Crippen LogP contribution >= 0.6 is 0 Å². The van der Waals surface area contributed by atoms with Crippen molar-refractivity contribution in [3.63, 3.8) is 0 Å². The van der Waals surface area contributed by atoms with Gasteiger partial charge >= 0.3 is 12.1 Å². The molecule has 1 atom stereocenters. The Morgan fingerprint density at radius 2 is 1.89 bits per heavy atom. The summed E-state index contributed by atoms with van der Waals surface area (Å²) >= 11 is 0. The van der Waals surface area contributed by atoms with E-state index in [1.807, 2.05) is 0 Å². The van der Waals surface area contributed by atoms with Gasteiger partial charge in [0, 0.05) is 18.0 Å². The Labute approximate surface area is 106 Å². The molecule has 0 aromatic heterocycles. The molecule has 0 saturated heterocycles. The maximum absolute atomic E-state index is 12.6. The van der Waals surface area contributed by atoms with E-state index in [1.54, 1.807) is 0 Å². The molecule has 0 aliphatic rings. The van der Waals surface area contributed by atoms with Crippen LogP contribution < -0.4 is 5.73 Å². The summed E-state index contributed by atoms with van der Waals surface area (Å²) in [6, 6.07) is 0.143. The molecular weight excluding hydrogens is 267 g/mol. The summed E-state index contributed by atoms with van der Waals surface area (Å²) < 4.78 is 37.7. The standard InChI is InChI=1S/C11H12F3NO4/c12-11(13,14)7-4-5(16)3-6(10(7)19)8(15)1-2-9(17)18/h3-4,8,16,19H,1-2,15H2,(H,17,18). The Bertz CT molecular complexity index is 488. The van der Waals surface area contributed by atoms with Gasteiger partial charge in [-0.15, -0.1) is 0 Å². The quantitative estimate of drug-likeness (QED) is 0.631. The smallest absolute Gasteiger partial charge is 0.420 e. The van der Waals surface area contributed by atoms with Gasteiger partial charge in [-0.05, 0) is 18.6 Å². The molecule has 0 spiro atoms. The monoisotopic (exact) mass is 279 g/mol. The lowest BCUT2D eigenvalue weighted by atomic mass is 9.98. The van der Waals surface area contributed by atoms with Gasteiger partial charge in [0.25, 0.3) is 0 Å². The van der Waals surface area contributed by atoms with E-state index < -0.39 is 35.2 Å². The van der Waals surface area contributed by atoms with Crippen molar-refractivity contribution in [1.82, 2.24) is 0 Å². The number of phenolic OH excluding ortho intramolecular Hbond substituents is 2. The Balaban J connectivity index is 3.14. The van der Waals surface area contributed by atoms with Crippen LogP contribution in [-0.2, 0) is 11.0 Å². The van der Waals surface area contributed by atoms with E-state index in [0.717, 1.165) is 6.07 Å². The van der Waals surface area contributed by atoms with Crippen LogP contribution in [0.5, 0.6) is 11.5 Å². The van der Waals surface area contributed by atoms with Crippen molar-refractivity contribution in [2.24, 2.45) is 5.73 Å². The Morgan fingerprint density at radius 1 is 1.32 bits per heavy atom. The fraction of sp³-hybridized carbons (Fsp3) is 0.364. The molecule has 106 valence electrons. The third kappa shape index (κ3) is 3.75. The lowest BCUT2D eigenvalue weighted by molar-refractivity contribution is -0.139. The van der Waals surface area contributed by atoms with Gasteiger partial charge in [0.1, 0.15) is 17.1 Å². The molecule has 0 aliphatic carbocycles. The number of aliphatic carboxylic acids is 1. The van der Waals surface area contributed by atoms with Crippen LogP contribution in [0.1, 0.15) is 30.0 Å². The SMILES string of the molecule is NC(CCC(=O)O)c1cc(O)cc(C(F)(F)F)c1O. The van der Waals surface area contributed by atoms with E-state index in [1.165, 1.54) is 0 Å². The van der Waals surface area contributed by atoms with Crippen molar-refractivity contribution in [2.75, 3.05) is 0 Å². The molecule has 19 heavy (non-hydrogen) atoms. The highest BCUT2D eigenvalue weighted by Gasteiger charge is 2.36. The first-order valence-corrected chi connectivity index (χ1v) is 5.23. The highest BCUT2D eigenvalue weighted by molar-refractivity contribution is 5.66. The Kier molecular flexibility index (Phi) is 4.25. The van der Waals surface area contributed by atoms with E-state index in [-0.39, 0.29) is 18.4 Å². The average Bonchev–Trinajstić information content (AvgIpc) is 2.27. The number of benzene rings is 1. The maximum atomic E-state index is 12.6. The third-order valence-electron chi connectivity index (χ3n) is 2.50. The van der Waals surface area contributed by atoms with Gasteiger partial charge in [0.05, 0.1) is 0 Å². The van der Waals surface area contributed by atoms with Crippen molar-refractivity contribution >= 4 is 5.97 Å². The normalized spacial score (nSPS) is 13.3. The molecule has 0 bridgehead atoms. The molecule has 0 heterocycles. The number of halogens is 3. The van der Waals surface area contributed by atoms with E-state index in [2.05, 4.69) is 0 Å². The number of phenols is 2. The zero-order valence-electron chi connectivity index (χ0n) is 9.61. The van der Waals surface area contributed by atoms with Crippen LogP contribution in [0.2, 0.25) is 0 Å². The molecule has 1 aromatic rings. The Morgan fingerprint density at radius 3 is 2.37 bits per heavy atom. The first-order chi connectivity index (χ1) is 8.62. The fourth-order valence-electron chi connectivity index (χ4n) is 1.57. The van der Waals surface area contributed by atoms with Crippen LogP contribution in [0.15, 0.2) is 12.1 Å². The first-order valence-electron chi connectivity index (χ1n) is 5.23. The van der Waals surface area contributed by atoms with Crippen LogP contribution in [-0.4, -0.2) is 21.3 Å². The van der Waals surface area contributed by atoms with Crippen LogP contribution in [0.3, 0.4) is 0 Å². The lowest BCUT2D eigenvalue weighted by Crippen LogP contribution is -2.14. The highest BCUT2D eigenvalue weighted by atomic mass is 19.4.